The first-order valence-corrected chi connectivity index (χ1v) is 7.16. The topological polar surface area (TPSA) is 71.1 Å². The first-order valence-electron chi connectivity index (χ1n) is 5.99. The lowest BCUT2D eigenvalue weighted by molar-refractivity contribution is -0.136. The van der Waals surface area contributed by atoms with Crippen LogP contribution in [0.2, 0.25) is 5.02 Å². The number of carbonyl (C=O) groups excluding carboxylic acids is 2. The molecule has 0 unspecified atom stereocenters. The van der Waals surface area contributed by atoms with Crippen LogP contribution in [0.25, 0.3) is 0 Å². The van der Waals surface area contributed by atoms with Gasteiger partial charge in [-0.25, -0.2) is 0 Å². The van der Waals surface area contributed by atoms with E-state index in [9.17, 15) is 9.59 Å². The summed E-state index contributed by atoms with van der Waals surface area (Å²) in [6.45, 7) is 0.253. The molecule has 0 aliphatic carbocycles. The molecule has 0 saturated heterocycles. The number of anilines is 1. The molecule has 0 atom stereocenters. The third-order valence-corrected chi connectivity index (χ3v) is 3.39. The number of carbonyl (C=O) groups is 2. The molecule has 1 heterocycles. The molecule has 0 fully saturated rings. The number of amides is 2. The Hall–Kier alpha value is -1.92. The maximum atomic E-state index is 11.8. The fraction of sp³-hybridized carbons (Fsp3) is 0.0714. The summed E-state index contributed by atoms with van der Waals surface area (Å²) in [4.78, 5) is 27.3. The van der Waals surface area contributed by atoms with Crippen LogP contribution in [0.3, 0.4) is 0 Å². The van der Waals surface area contributed by atoms with Crippen LogP contribution < -0.4 is 10.6 Å². The summed E-state index contributed by atoms with van der Waals surface area (Å²) in [6, 6.07) is 8.47. The van der Waals surface area contributed by atoms with Gasteiger partial charge < -0.3 is 10.6 Å². The van der Waals surface area contributed by atoms with E-state index in [1.807, 2.05) is 0 Å². The van der Waals surface area contributed by atoms with Gasteiger partial charge >= 0.3 is 11.8 Å². The van der Waals surface area contributed by atoms with Gasteiger partial charge in [0.15, 0.2) is 0 Å². The predicted molar refractivity (Wildman–Crippen MR) is 83.9 cm³/mol. The van der Waals surface area contributed by atoms with Crippen LogP contribution in [0.5, 0.6) is 0 Å². The molecule has 0 bridgehead atoms. The average Bonchev–Trinajstić information content (AvgIpc) is 2.48. The van der Waals surface area contributed by atoms with E-state index in [-0.39, 0.29) is 6.54 Å². The summed E-state index contributed by atoms with van der Waals surface area (Å²) in [6.07, 6.45) is 3.23. The van der Waals surface area contributed by atoms with Crippen LogP contribution in [-0.2, 0) is 16.1 Å². The lowest BCUT2D eigenvalue weighted by Gasteiger charge is -2.08. The maximum Gasteiger partial charge on any atom is 0.313 e. The molecule has 0 aliphatic rings. The van der Waals surface area contributed by atoms with Crippen molar-refractivity contribution >= 4 is 45.0 Å². The predicted octanol–water partition coefficient (Wildman–Crippen LogP) is 2.75. The number of nitrogens with one attached hydrogen (secondary N) is 2. The zero-order valence-corrected chi connectivity index (χ0v) is 13.1. The molecule has 108 valence electrons. The van der Waals surface area contributed by atoms with Crippen LogP contribution >= 0.6 is 27.5 Å². The minimum atomic E-state index is -0.770. The Labute approximate surface area is 134 Å². The average molecular weight is 369 g/mol. The van der Waals surface area contributed by atoms with Crippen LogP contribution in [0.15, 0.2) is 47.2 Å². The van der Waals surface area contributed by atoms with E-state index in [4.69, 9.17) is 11.6 Å². The van der Waals surface area contributed by atoms with Gasteiger partial charge in [0.25, 0.3) is 0 Å². The molecule has 2 rings (SSSR count). The lowest BCUT2D eigenvalue weighted by Crippen LogP contribution is -2.35. The normalized spacial score (nSPS) is 10.0. The van der Waals surface area contributed by atoms with E-state index in [0.717, 1.165) is 10.0 Å². The minimum Gasteiger partial charge on any atom is -0.344 e. The van der Waals surface area contributed by atoms with E-state index in [0.29, 0.717) is 10.7 Å². The lowest BCUT2D eigenvalue weighted by atomic mass is 10.2. The Morgan fingerprint density at radius 2 is 1.86 bits per heavy atom. The summed E-state index contributed by atoms with van der Waals surface area (Å²) in [7, 11) is 0. The zero-order valence-electron chi connectivity index (χ0n) is 10.8. The van der Waals surface area contributed by atoms with Gasteiger partial charge in [0.05, 0.1) is 10.7 Å². The van der Waals surface area contributed by atoms with Gasteiger partial charge in [0.1, 0.15) is 0 Å². The van der Waals surface area contributed by atoms with Crippen LogP contribution in [0.4, 0.5) is 5.69 Å². The quantitative estimate of drug-likeness (QED) is 0.818. The minimum absolute atomic E-state index is 0.253. The summed E-state index contributed by atoms with van der Waals surface area (Å²) in [5, 5.41) is 5.32. The fourth-order valence-electron chi connectivity index (χ4n) is 1.53. The van der Waals surface area contributed by atoms with Crippen molar-refractivity contribution in [3.05, 3.63) is 57.8 Å². The van der Waals surface area contributed by atoms with Crippen molar-refractivity contribution in [3.8, 4) is 0 Å². The smallest absolute Gasteiger partial charge is 0.313 e. The Morgan fingerprint density at radius 3 is 2.52 bits per heavy atom. The highest BCUT2D eigenvalue weighted by Crippen LogP contribution is 2.25. The zero-order chi connectivity index (χ0) is 15.2. The molecule has 2 aromatic rings. The third kappa shape index (κ3) is 4.54. The molecule has 0 radical (unpaired) electrons. The van der Waals surface area contributed by atoms with Gasteiger partial charge in [0.2, 0.25) is 0 Å². The van der Waals surface area contributed by atoms with Gasteiger partial charge in [0, 0.05) is 23.4 Å². The second-order valence-corrected chi connectivity index (χ2v) is 5.44. The van der Waals surface area contributed by atoms with Gasteiger partial charge in [-0.05, 0) is 35.9 Å². The van der Waals surface area contributed by atoms with Crippen molar-refractivity contribution in [1.29, 1.82) is 0 Å². The van der Waals surface area contributed by atoms with Crippen molar-refractivity contribution in [1.82, 2.24) is 10.3 Å². The van der Waals surface area contributed by atoms with E-state index in [1.165, 1.54) is 0 Å². The maximum absolute atomic E-state index is 11.8. The number of hydrogen-bond acceptors (Lipinski definition) is 3. The van der Waals surface area contributed by atoms with Gasteiger partial charge in [-0.3, -0.25) is 14.6 Å². The molecule has 2 N–H and O–H groups in total. The van der Waals surface area contributed by atoms with Gasteiger partial charge in [-0.1, -0.05) is 27.5 Å². The van der Waals surface area contributed by atoms with Crippen LogP contribution in [0, 0.1) is 0 Å². The number of pyridine rings is 1. The molecule has 7 heteroatoms. The summed E-state index contributed by atoms with van der Waals surface area (Å²) in [5.41, 5.74) is 1.23. The molecule has 0 spiro atoms. The Morgan fingerprint density at radius 1 is 1.14 bits per heavy atom. The molecule has 0 aliphatic heterocycles. The van der Waals surface area contributed by atoms with Crippen molar-refractivity contribution in [2.45, 2.75) is 6.54 Å². The summed E-state index contributed by atoms with van der Waals surface area (Å²) < 4.78 is 0.785. The number of halogens is 2. The van der Waals surface area contributed by atoms with E-state index in [1.54, 1.807) is 42.7 Å². The Bertz CT molecular complexity index is 665. The fourth-order valence-corrected chi connectivity index (χ4v) is 2.25. The Balaban J connectivity index is 1.92. The molecule has 21 heavy (non-hydrogen) atoms. The second-order valence-electron chi connectivity index (χ2n) is 4.12. The monoisotopic (exact) mass is 367 g/mol. The van der Waals surface area contributed by atoms with Gasteiger partial charge in [-0.2, -0.15) is 0 Å². The van der Waals surface area contributed by atoms with Crippen molar-refractivity contribution < 1.29 is 9.59 Å². The SMILES string of the molecule is O=C(NCc1ccncc1)C(=O)Nc1ccc(Br)cc1Cl. The van der Waals surface area contributed by atoms with Gasteiger partial charge in [-0.15, -0.1) is 0 Å². The molecular weight excluding hydrogens is 358 g/mol. The molecule has 1 aromatic carbocycles. The summed E-state index contributed by atoms with van der Waals surface area (Å²) >= 11 is 9.23. The molecule has 1 aromatic heterocycles. The molecule has 2 amide bonds. The van der Waals surface area contributed by atoms with Crippen molar-refractivity contribution in [3.63, 3.8) is 0 Å². The van der Waals surface area contributed by atoms with Crippen molar-refractivity contribution in [2.75, 3.05) is 5.32 Å². The highest BCUT2D eigenvalue weighted by molar-refractivity contribution is 9.10. The third-order valence-electron chi connectivity index (χ3n) is 2.59. The molecule has 0 saturated carbocycles. The van der Waals surface area contributed by atoms with Crippen molar-refractivity contribution in [2.24, 2.45) is 0 Å². The van der Waals surface area contributed by atoms with Crippen LogP contribution in [-0.4, -0.2) is 16.8 Å². The van der Waals surface area contributed by atoms with Crippen LogP contribution in [0.1, 0.15) is 5.56 Å². The van der Waals surface area contributed by atoms with E-state index in [2.05, 4.69) is 31.5 Å². The first kappa shape index (κ1) is 15.5. The standard InChI is InChI=1S/C14H11BrClN3O2/c15-10-1-2-12(11(16)7-10)19-14(21)13(20)18-8-9-3-5-17-6-4-9/h1-7H,8H2,(H,18,20)(H,19,21). The highest BCUT2D eigenvalue weighted by atomic mass is 79.9. The number of benzene rings is 1. The second kappa shape index (κ2) is 7.19. The molecule has 5 nitrogen and oxygen atoms in total. The number of rotatable bonds is 3. The number of nitrogens with zero attached hydrogens (tertiary/aromatic N) is 1. The summed E-state index contributed by atoms with van der Waals surface area (Å²) in [5.74, 6) is -1.50. The Kier molecular flexibility index (Phi) is 5.30. The van der Waals surface area contributed by atoms with E-state index >= 15 is 0 Å². The molecular formula is C14H11BrClN3O2. The number of hydrogen-bond donors (Lipinski definition) is 2. The van der Waals surface area contributed by atoms with E-state index < -0.39 is 11.8 Å². The number of aromatic nitrogens is 1. The first-order chi connectivity index (χ1) is 10.1. The largest absolute Gasteiger partial charge is 0.344 e. The highest BCUT2D eigenvalue weighted by Gasteiger charge is 2.14.